The number of fused-ring (bicyclic) bond motifs is 1. The van der Waals surface area contributed by atoms with Gasteiger partial charge >= 0.3 is 6.09 Å². The molecule has 0 spiro atoms. The first-order valence-corrected chi connectivity index (χ1v) is 18.4. The Labute approximate surface area is 297 Å². The van der Waals surface area contributed by atoms with E-state index < -0.39 is 47.7 Å². The normalized spacial score (nSPS) is 16.2. The van der Waals surface area contributed by atoms with E-state index in [0.29, 0.717) is 23.8 Å². The lowest BCUT2D eigenvalue weighted by Crippen LogP contribution is -2.58. The van der Waals surface area contributed by atoms with Crippen LogP contribution in [0.3, 0.4) is 0 Å². The second kappa shape index (κ2) is 17.5. The number of hydrogen-bond donors (Lipinski definition) is 5. The highest BCUT2D eigenvalue weighted by Crippen LogP contribution is 2.29. The summed E-state index contributed by atoms with van der Waals surface area (Å²) in [7, 11) is 0. The Balaban J connectivity index is 1.33. The molecule has 0 bridgehead atoms. The number of ether oxygens (including phenoxy) is 1. The lowest BCUT2D eigenvalue weighted by molar-refractivity contribution is -0.130. The first-order valence-electron chi connectivity index (χ1n) is 17.4. The molecule has 0 saturated heterocycles. The van der Waals surface area contributed by atoms with Crippen molar-refractivity contribution in [3.8, 4) is 0 Å². The molecule has 1 fully saturated rings. The second-order valence-corrected chi connectivity index (χ2v) is 15.0. The molecule has 0 unspecified atom stereocenters. The van der Waals surface area contributed by atoms with Gasteiger partial charge < -0.3 is 30.8 Å². The van der Waals surface area contributed by atoms with Gasteiger partial charge in [0.25, 0.3) is 0 Å². The van der Waals surface area contributed by atoms with Crippen LogP contribution in [-0.4, -0.2) is 78.0 Å². The van der Waals surface area contributed by atoms with Gasteiger partial charge in [-0.25, -0.2) is 14.8 Å². The zero-order valence-corrected chi connectivity index (χ0v) is 29.8. The number of alkyl carbamates (subject to hydrolysis) is 1. The number of imidazole rings is 2. The highest BCUT2D eigenvalue weighted by atomic mass is 32.2. The summed E-state index contributed by atoms with van der Waals surface area (Å²) in [5.74, 6) is -0.275. The average Bonchev–Trinajstić information content (AvgIpc) is 3.76. The van der Waals surface area contributed by atoms with Crippen LogP contribution in [0.1, 0.15) is 70.6 Å². The van der Waals surface area contributed by atoms with Gasteiger partial charge in [0, 0.05) is 36.7 Å². The van der Waals surface area contributed by atoms with Gasteiger partial charge in [-0.2, -0.15) is 0 Å². The minimum absolute atomic E-state index is 0.128. The molecule has 0 radical (unpaired) electrons. The molecule has 13 heteroatoms. The van der Waals surface area contributed by atoms with Crippen LogP contribution in [0.25, 0.3) is 5.52 Å². The Kier molecular flexibility index (Phi) is 12.9. The Hall–Kier alpha value is -4.36. The van der Waals surface area contributed by atoms with Crippen molar-refractivity contribution in [1.29, 1.82) is 0 Å². The second-order valence-electron chi connectivity index (χ2n) is 14.0. The van der Waals surface area contributed by atoms with Crippen molar-refractivity contribution in [2.24, 2.45) is 5.92 Å². The lowest BCUT2D eigenvalue weighted by Gasteiger charge is -2.31. The van der Waals surface area contributed by atoms with Crippen LogP contribution in [-0.2, 0) is 27.2 Å². The largest absolute Gasteiger partial charge is 0.444 e. The molecule has 268 valence electrons. The molecular weight excluding hydrogens is 655 g/mol. The molecule has 4 atom stereocenters. The number of nitrogens with one attached hydrogen (secondary N) is 4. The molecule has 1 saturated carbocycles. The van der Waals surface area contributed by atoms with E-state index >= 15 is 0 Å². The summed E-state index contributed by atoms with van der Waals surface area (Å²) in [6.07, 6.45) is 11.7. The maximum absolute atomic E-state index is 14.2. The van der Waals surface area contributed by atoms with Crippen molar-refractivity contribution in [2.75, 3.05) is 5.75 Å². The minimum atomic E-state index is -1.02. The van der Waals surface area contributed by atoms with Crippen LogP contribution < -0.4 is 16.0 Å². The van der Waals surface area contributed by atoms with Gasteiger partial charge in [0.1, 0.15) is 17.7 Å². The molecule has 3 heterocycles. The van der Waals surface area contributed by atoms with Crippen molar-refractivity contribution in [3.05, 3.63) is 84.7 Å². The molecule has 12 nitrogen and oxygen atoms in total. The minimum Gasteiger partial charge on any atom is -0.444 e. The predicted molar refractivity (Wildman–Crippen MR) is 193 cm³/mol. The molecular formula is C37H49N7O5S. The number of rotatable bonds is 15. The standard InChI is InChI=1S/C37H49N7O5S/c1-37(2,3)49-36(48)43-30(19-26-14-8-5-9-15-26)33(46)42-31(20-27-21-38-24-40-27)34(47)41-29(18-25-12-6-4-7-13-25)32(45)23-50-35-39-22-28-16-10-11-17-44(28)35/h5,8-11,14-17,21-22,24-25,29-32,45H,4,6-7,12-13,18-20,23H2,1-3H3,(H,38,40)(H,41,47)(H,42,46)(H,43,48)/t29-,30-,31-,32-/m0/s1. The third kappa shape index (κ3) is 11.1. The van der Waals surface area contributed by atoms with Crippen LogP contribution in [0, 0.1) is 5.92 Å². The van der Waals surface area contributed by atoms with Crippen LogP contribution in [0.4, 0.5) is 4.79 Å². The Morgan fingerprint density at radius 1 is 0.960 bits per heavy atom. The van der Waals surface area contributed by atoms with Crippen molar-refractivity contribution in [3.63, 3.8) is 0 Å². The molecule has 5 rings (SSSR count). The number of nitrogens with zero attached hydrogens (tertiary/aromatic N) is 3. The fourth-order valence-electron chi connectivity index (χ4n) is 6.29. The average molecular weight is 704 g/mol. The third-order valence-corrected chi connectivity index (χ3v) is 9.86. The number of aliphatic hydroxyl groups is 1. The first kappa shape index (κ1) is 36.9. The van der Waals surface area contributed by atoms with E-state index in [0.717, 1.165) is 41.9 Å². The van der Waals surface area contributed by atoms with Gasteiger partial charge in [-0.05, 0) is 50.8 Å². The zero-order chi connectivity index (χ0) is 35.5. The summed E-state index contributed by atoms with van der Waals surface area (Å²) in [6.45, 7) is 5.24. The smallest absolute Gasteiger partial charge is 0.408 e. The summed E-state index contributed by atoms with van der Waals surface area (Å²) < 4.78 is 7.43. The van der Waals surface area contributed by atoms with Crippen molar-refractivity contribution >= 4 is 35.2 Å². The van der Waals surface area contributed by atoms with E-state index in [2.05, 4.69) is 30.9 Å². The number of H-pyrrole nitrogens is 1. The molecule has 3 aromatic heterocycles. The lowest BCUT2D eigenvalue weighted by atomic mass is 9.83. The quantitative estimate of drug-likeness (QED) is 0.110. The van der Waals surface area contributed by atoms with Gasteiger partial charge in [0.15, 0.2) is 5.16 Å². The Morgan fingerprint density at radius 2 is 1.68 bits per heavy atom. The van der Waals surface area contributed by atoms with E-state index in [-0.39, 0.29) is 12.8 Å². The van der Waals surface area contributed by atoms with E-state index in [1.54, 1.807) is 33.2 Å². The van der Waals surface area contributed by atoms with Crippen molar-refractivity contribution in [2.45, 2.75) is 107 Å². The summed E-state index contributed by atoms with van der Waals surface area (Å²) >= 11 is 1.43. The highest BCUT2D eigenvalue weighted by molar-refractivity contribution is 7.99. The van der Waals surface area contributed by atoms with E-state index in [9.17, 15) is 19.5 Å². The highest BCUT2D eigenvalue weighted by Gasteiger charge is 2.33. The number of aromatic nitrogens is 4. The van der Waals surface area contributed by atoms with Crippen LogP contribution in [0.5, 0.6) is 0 Å². The summed E-state index contributed by atoms with van der Waals surface area (Å²) in [5.41, 5.74) is 1.67. The third-order valence-electron chi connectivity index (χ3n) is 8.79. The molecule has 0 aliphatic heterocycles. The number of aromatic amines is 1. The topological polar surface area (TPSA) is 163 Å². The summed E-state index contributed by atoms with van der Waals surface area (Å²) in [4.78, 5) is 52.5. The number of thioether (sulfide) groups is 1. The number of aliphatic hydroxyl groups excluding tert-OH is 1. The van der Waals surface area contributed by atoms with E-state index in [4.69, 9.17) is 4.74 Å². The van der Waals surface area contributed by atoms with E-state index in [1.165, 1.54) is 24.5 Å². The van der Waals surface area contributed by atoms with Crippen LogP contribution in [0.15, 0.2) is 78.6 Å². The maximum atomic E-state index is 14.2. The number of benzene rings is 1. The number of amides is 3. The summed E-state index contributed by atoms with van der Waals surface area (Å²) in [6, 6.07) is 12.6. The maximum Gasteiger partial charge on any atom is 0.408 e. The Morgan fingerprint density at radius 3 is 2.40 bits per heavy atom. The fraction of sp³-hybridized carbons (Fsp3) is 0.486. The molecule has 1 aliphatic carbocycles. The van der Waals surface area contributed by atoms with Gasteiger partial charge in [0.05, 0.1) is 30.2 Å². The molecule has 4 aromatic rings. The SMILES string of the molecule is CC(C)(C)OC(=O)N[C@@H](Cc1ccccc1)C(=O)N[C@@H](Cc1cnc[nH]1)C(=O)N[C@@H](CC1CCCCC1)[C@@H](O)CSc1ncc2ccccn12. The number of carbonyl (C=O) groups is 3. The fourth-order valence-corrected chi connectivity index (χ4v) is 7.27. The van der Waals surface area contributed by atoms with Crippen molar-refractivity contribution < 1.29 is 24.2 Å². The number of carbonyl (C=O) groups excluding carboxylic acids is 3. The van der Waals surface area contributed by atoms with Crippen molar-refractivity contribution in [1.82, 2.24) is 35.3 Å². The first-order chi connectivity index (χ1) is 24.0. The predicted octanol–water partition coefficient (Wildman–Crippen LogP) is 4.83. The van der Waals surface area contributed by atoms with Gasteiger partial charge in [-0.1, -0.05) is 80.3 Å². The molecule has 3 amide bonds. The number of hydrogen-bond acceptors (Lipinski definition) is 8. The van der Waals surface area contributed by atoms with Crippen LogP contribution in [0.2, 0.25) is 0 Å². The van der Waals surface area contributed by atoms with Crippen LogP contribution >= 0.6 is 11.8 Å². The monoisotopic (exact) mass is 703 g/mol. The molecule has 1 aromatic carbocycles. The Bertz CT molecular complexity index is 1670. The van der Waals surface area contributed by atoms with Gasteiger partial charge in [-0.3, -0.25) is 14.0 Å². The number of pyridine rings is 1. The molecule has 5 N–H and O–H groups in total. The van der Waals surface area contributed by atoms with E-state index in [1.807, 2.05) is 59.1 Å². The van der Waals surface area contributed by atoms with Gasteiger partial charge in [-0.15, -0.1) is 0 Å². The van der Waals surface area contributed by atoms with Gasteiger partial charge in [0.2, 0.25) is 11.8 Å². The molecule has 1 aliphatic rings. The zero-order valence-electron chi connectivity index (χ0n) is 29.0. The molecule has 50 heavy (non-hydrogen) atoms. The summed E-state index contributed by atoms with van der Waals surface area (Å²) in [5, 5.41) is 21.1.